The van der Waals surface area contributed by atoms with E-state index in [0.717, 1.165) is 0 Å². The Hall–Kier alpha value is 0.799. The van der Waals surface area contributed by atoms with Gasteiger partial charge in [-0.3, -0.25) is 0 Å². The van der Waals surface area contributed by atoms with Gasteiger partial charge in [-0.25, -0.2) is 0 Å². The van der Waals surface area contributed by atoms with Gasteiger partial charge in [-0.1, -0.05) is 0 Å². The fraction of sp³-hybridized carbons (Fsp3) is 0.571. The predicted molar refractivity (Wildman–Crippen MR) is 54.5 cm³/mol. The third-order valence-corrected chi connectivity index (χ3v) is 4.25. The van der Waals surface area contributed by atoms with Crippen LogP contribution in [0.1, 0.15) is 29.9 Å². The van der Waals surface area contributed by atoms with E-state index in [1.165, 1.54) is 4.44 Å². The molecule has 1 aromatic rings. The maximum atomic E-state index is 5.67. The van der Waals surface area contributed by atoms with Crippen LogP contribution in [0.4, 0.5) is 0 Å². The third kappa shape index (κ3) is 2.65. The Balaban J connectivity index is 2.92. The molecule has 68 valence electrons. The van der Waals surface area contributed by atoms with Crippen LogP contribution in [0.5, 0.6) is 0 Å². The minimum absolute atomic E-state index is 0.132. The molecule has 0 unspecified atom stereocenters. The Morgan fingerprint density at radius 2 is 2.00 bits per heavy atom. The molecule has 0 aliphatic rings. The molecular weight excluding hydrogens is 283 g/mol. The van der Waals surface area contributed by atoms with Gasteiger partial charge in [0.05, 0.1) is 0 Å². The molecule has 0 radical (unpaired) electrons. The van der Waals surface area contributed by atoms with E-state index in [1.54, 1.807) is 0 Å². The van der Waals surface area contributed by atoms with Gasteiger partial charge in [-0.2, -0.15) is 0 Å². The Labute approximate surface area is 93.0 Å². The molecule has 0 amide bonds. The van der Waals surface area contributed by atoms with Gasteiger partial charge in [0.25, 0.3) is 0 Å². The van der Waals surface area contributed by atoms with Crippen LogP contribution in [0.15, 0.2) is 6.07 Å². The van der Waals surface area contributed by atoms with Crippen LogP contribution in [0.25, 0.3) is 0 Å². The van der Waals surface area contributed by atoms with Gasteiger partial charge >= 0.3 is 93.3 Å². The fourth-order valence-electron chi connectivity index (χ4n) is 0.695. The second kappa shape index (κ2) is 3.89. The molecule has 1 heterocycles. The number of rotatable bonds is 1. The summed E-state index contributed by atoms with van der Waals surface area (Å²) in [5.41, 5.74) is 0.580. The van der Waals surface area contributed by atoms with Crippen LogP contribution in [-0.4, -0.2) is 18.7 Å². The quantitative estimate of drug-likeness (QED) is 0.572. The van der Waals surface area contributed by atoms with Crippen molar-refractivity contribution in [2.45, 2.75) is 23.6 Å². The first-order valence-electron chi connectivity index (χ1n) is 3.45. The maximum absolute atomic E-state index is 5.67. The summed E-state index contributed by atoms with van der Waals surface area (Å²) in [6.07, 6.45) is 0. The third-order valence-electron chi connectivity index (χ3n) is 1.39. The summed E-state index contributed by atoms with van der Waals surface area (Å²) in [5, 5.41) is 0. The van der Waals surface area contributed by atoms with Crippen LogP contribution in [-0.2, 0) is 3.79 Å². The van der Waals surface area contributed by atoms with Crippen LogP contribution in [0, 0.1) is 0 Å². The van der Waals surface area contributed by atoms with Gasteiger partial charge < -0.3 is 0 Å². The van der Waals surface area contributed by atoms with Crippen molar-refractivity contribution in [1.29, 1.82) is 0 Å². The van der Waals surface area contributed by atoms with Crippen LogP contribution in [0.2, 0.25) is 0 Å². The summed E-state index contributed by atoms with van der Waals surface area (Å²) in [6.45, 7) is 4.23. The van der Waals surface area contributed by atoms with Crippen molar-refractivity contribution in [2.24, 2.45) is 0 Å². The molecule has 0 saturated carbocycles. The number of hydrogen-bond donors (Lipinski definition) is 0. The summed E-state index contributed by atoms with van der Waals surface area (Å²) in [5.74, 6) is 0.499. The zero-order valence-corrected chi connectivity index (χ0v) is 10.6. The van der Waals surface area contributed by atoms with E-state index in [-0.39, 0.29) is 14.7 Å². The van der Waals surface area contributed by atoms with Crippen LogP contribution < -0.4 is 0 Å². The molecule has 1 aromatic heterocycles. The molecule has 0 spiro atoms. The van der Waals surface area contributed by atoms with Gasteiger partial charge in [0.1, 0.15) is 0 Å². The number of alkyl halides is 3. The molecule has 5 heteroatoms. The summed E-state index contributed by atoms with van der Waals surface area (Å²) < 4.78 is 4.13. The molecule has 0 aromatic carbocycles. The molecule has 0 fully saturated rings. The Morgan fingerprint density at radius 1 is 1.42 bits per heavy atom. The first kappa shape index (κ1) is 10.9. The zero-order valence-electron chi connectivity index (χ0n) is 6.64. The predicted octanol–water partition coefficient (Wildman–Crippen LogP) is 3.09. The van der Waals surface area contributed by atoms with Crippen molar-refractivity contribution < 1.29 is 0 Å². The molecule has 0 saturated heterocycles. The Bertz CT molecular complexity index is 264. The average Bonchev–Trinajstić information content (AvgIpc) is 2.30. The molecule has 0 aliphatic heterocycles. The molecule has 0 bridgehead atoms. The van der Waals surface area contributed by atoms with Gasteiger partial charge in [-0.05, 0) is 0 Å². The number of aromatic nitrogens is 1. The van der Waals surface area contributed by atoms with Crippen molar-refractivity contribution >= 4 is 49.5 Å². The van der Waals surface area contributed by atoms with Crippen molar-refractivity contribution in [2.75, 3.05) is 0 Å². The summed E-state index contributed by atoms with van der Waals surface area (Å²) in [6, 6.07) is 1.90. The molecule has 0 N–H and O–H groups in total. The van der Waals surface area contributed by atoms with E-state index in [4.69, 9.17) is 34.8 Å². The second-order valence-corrected chi connectivity index (χ2v) is 6.80. The normalized spacial score (nSPS) is 12.5. The van der Waals surface area contributed by atoms with Crippen LogP contribution in [0.3, 0.4) is 0 Å². The van der Waals surface area contributed by atoms with E-state index in [2.05, 4.69) is 17.8 Å². The van der Waals surface area contributed by atoms with E-state index >= 15 is 0 Å². The second-order valence-electron chi connectivity index (χ2n) is 2.77. The van der Waals surface area contributed by atoms with Crippen molar-refractivity contribution in [1.82, 2.24) is 3.98 Å². The molecule has 1 nitrogen and oxygen atoms in total. The van der Waals surface area contributed by atoms with E-state index in [0.29, 0.717) is 11.6 Å². The van der Waals surface area contributed by atoms with Gasteiger partial charge in [0.2, 0.25) is 0 Å². The topological polar surface area (TPSA) is 12.9 Å². The van der Waals surface area contributed by atoms with Crippen LogP contribution >= 0.6 is 34.8 Å². The summed E-state index contributed by atoms with van der Waals surface area (Å²) in [4.78, 5) is 0. The first-order valence-corrected chi connectivity index (χ1v) is 6.20. The minimum atomic E-state index is -1.35. The average molecular weight is 291 g/mol. The standard InChI is InChI=1S/C7H8Cl3NSe/c1-4(2)5-3-6(11-12-5)7(8,9)10/h3-4H,1-2H3. The SMILES string of the molecule is CC(C)c1cc(C(Cl)(Cl)Cl)n[se]1. The molecule has 1 rings (SSSR count). The van der Waals surface area contributed by atoms with Crippen molar-refractivity contribution in [3.05, 3.63) is 16.2 Å². The zero-order chi connectivity index (χ0) is 9.35. The Morgan fingerprint density at radius 3 is 2.25 bits per heavy atom. The molecule has 0 aliphatic carbocycles. The number of halogens is 3. The first-order chi connectivity index (χ1) is 5.41. The fourth-order valence-corrected chi connectivity index (χ4v) is 2.94. The van der Waals surface area contributed by atoms with E-state index in [9.17, 15) is 0 Å². The molecular formula is C7H8Cl3NSe. The number of nitrogens with zero attached hydrogens (tertiary/aromatic N) is 1. The van der Waals surface area contributed by atoms with E-state index in [1.807, 2.05) is 6.07 Å². The molecule has 0 atom stereocenters. The van der Waals surface area contributed by atoms with Crippen molar-refractivity contribution in [3.63, 3.8) is 0 Å². The summed E-state index contributed by atoms with van der Waals surface area (Å²) in [7, 11) is 0. The van der Waals surface area contributed by atoms with Gasteiger partial charge in [0.15, 0.2) is 0 Å². The van der Waals surface area contributed by atoms with E-state index < -0.39 is 3.79 Å². The van der Waals surface area contributed by atoms with Gasteiger partial charge in [0, 0.05) is 0 Å². The Kier molecular flexibility index (Phi) is 3.53. The summed E-state index contributed by atoms with van der Waals surface area (Å²) >= 11 is 17.2. The van der Waals surface area contributed by atoms with Gasteiger partial charge in [-0.15, -0.1) is 0 Å². The molecule has 12 heavy (non-hydrogen) atoms. The number of hydrogen-bond acceptors (Lipinski definition) is 1. The monoisotopic (exact) mass is 291 g/mol. The van der Waals surface area contributed by atoms with Crippen molar-refractivity contribution in [3.8, 4) is 0 Å².